The Hall–Kier alpha value is -0.950. The minimum Gasteiger partial charge on any atom is -0.479 e. The number of nitrogens with zero attached hydrogens (tertiary/aromatic N) is 1. The number of carboxylic acids is 1. The van der Waals surface area contributed by atoms with Crippen molar-refractivity contribution in [1.82, 2.24) is 4.90 Å². The molecule has 0 bridgehead atoms. The quantitative estimate of drug-likeness (QED) is 0.354. The van der Waals surface area contributed by atoms with E-state index in [-0.39, 0.29) is 13.0 Å². The molecule has 0 aromatic heterocycles. The molecule has 0 aliphatic carbocycles. The lowest BCUT2D eigenvalue weighted by Crippen LogP contribution is -2.63. The number of carboxylic acid groups (broad SMARTS) is 1. The van der Waals surface area contributed by atoms with E-state index in [1.54, 1.807) is 0 Å². The van der Waals surface area contributed by atoms with Crippen LogP contribution in [0.1, 0.15) is 12.8 Å². The Balaban J connectivity index is 2.88. The highest BCUT2D eigenvalue weighted by atomic mass is 31.2. The Morgan fingerprint density at radius 3 is 2.56 bits per heavy atom. The fraction of sp³-hybridized carbons (Fsp3) is 0.714. The molecule has 1 heterocycles. The van der Waals surface area contributed by atoms with Crippen molar-refractivity contribution < 1.29 is 29.0 Å². The van der Waals surface area contributed by atoms with Crippen molar-refractivity contribution in [3.8, 4) is 0 Å². The number of hydrogen-bond donors (Lipinski definition) is 4. The fourth-order valence-corrected chi connectivity index (χ4v) is 2.31. The first-order valence-electron chi connectivity index (χ1n) is 4.53. The number of likely N-dealkylation sites (tertiary alicyclic amines) is 1. The summed E-state index contributed by atoms with van der Waals surface area (Å²) in [5, 5.41) is 8.82. The van der Waals surface area contributed by atoms with Crippen molar-refractivity contribution in [3.05, 3.63) is 0 Å². The Bertz CT molecular complexity index is 366. The SMILES string of the molecule is NC1(C(=O)O)CCCN(CP(=O)(O)O)C1=O. The van der Waals surface area contributed by atoms with Crippen LogP contribution in [0.2, 0.25) is 0 Å². The highest BCUT2D eigenvalue weighted by molar-refractivity contribution is 7.51. The average Bonchev–Trinajstić information content (AvgIpc) is 2.10. The average molecular weight is 252 g/mol. The van der Waals surface area contributed by atoms with Crippen molar-refractivity contribution in [2.24, 2.45) is 5.73 Å². The summed E-state index contributed by atoms with van der Waals surface area (Å²) in [6, 6.07) is 0. The first kappa shape index (κ1) is 13.1. The number of hydrogen-bond acceptors (Lipinski definition) is 4. The van der Waals surface area contributed by atoms with Gasteiger partial charge in [0.25, 0.3) is 5.91 Å². The molecule has 0 spiro atoms. The Labute approximate surface area is 91.2 Å². The van der Waals surface area contributed by atoms with Crippen molar-refractivity contribution in [3.63, 3.8) is 0 Å². The summed E-state index contributed by atoms with van der Waals surface area (Å²) in [7, 11) is -4.40. The lowest BCUT2D eigenvalue weighted by Gasteiger charge is -2.36. The number of carbonyl (C=O) groups excluding carboxylic acids is 1. The summed E-state index contributed by atoms with van der Waals surface area (Å²) in [4.78, 5) is 40.7. The number of piperidine rings is 1. The van der Waals surface area contributed by atoms with Crippen molar-refractivity contribution in [1.29, 1.82) is 0 Å². The summed E-state index contributed by atoms with van der Waals surface area (Å²) in [5.74, 6) is -2.43. The van der Waals surface area contributed by atoms with E-state index < -0.39 is 31.3 Å². The molecule has 1 amide bonds. The maximum Gasteiger partial charge on any atom is 0.344 e. The van der Waals surface area contributed by atoms with E-state index in [0.717, 1.165) is 4.90 Å². The zero-order valence-electron chi connectivity index (χ0n) is 8.37. The van der Waals surface area contributed by atoms with Gasteiger partial charge in [-0.15, -0.1) is 0 Å². The van der Waals surface area contributed by atoms with E-state index in [9.17, 15) is 14.2 Å². The molecule has 92 valence electrons. The summed E-state index contributed by atoms with van der Waals surface area (Å²) in [6.45, 7) is 0.107. The molecule has 16 heavy (non-hydrogen) atoms. The maximum absolute atomic E-state index is 11.6. The normalized spacial score (nSPS) is 26.9. The summed E-state index contributed by atoms with van der Waals surface area (Å²) in [6.07, 6.45) is -0.522. The lowest BCUT2D eigenvalue weighted by atomic mass is 9.89. The van der Waals surface area contributed by atoms with Crippen LogP contribution in [0.5, 0.6) is 0 Å². The molecule has 1 aliphatic heterocycles. The standard InChI is InChI=1S/C7H13N2O6P/c8-7(6(11)12)2-1-3-9(5(7)10)4-16(13,14)15/h1-4,8H2,(H,11,12)(H2,13,14,15). The van der Waals surface area contributed by atoms with E-state index in [4.69, 9.17) is 20.6 Å². The highest BCUT2D eigenvalue weighted by Gasteiger charge is 2.48. The van der Waals surface area contributed by atoms with E-state index >= 15 is 0 Å². The van der Waals surface area contributed by atoms with Crippen molar-refractivity contribution in [2.75, 3.05) is 12.8 Å². The third kappa shape index (κ3) is 2.59. The van der Waals surface area contributed by atoms with Crippen LogP contribution in [0, 0.1) is 0 Å². The van der Waals surface area contributed by atoms with E-state index in [2.05, 4.69) is 0 Å². The van der Waals surface area contributed by atoms with E-state index in [0.29, 0.717) is 6.42 Å². The van der Waals surface area contributed by atoms with Crippen LogP contribution < -0.4 is 5.73 Å². The van der Waals surface area contributed by atoms with Crippen LogP contribution in [0.4, 0.5) is 0 Å². The predicted octanol–water partition coefficient (Wildman–Crippen LogP) is -1.47. The molecule has 0 radical (unpaired) electrons. The predicted molar refractivity (Wildman–Crippen MR) is 52.4 cm³/mol. The van der Waals surface area contributed by atoms with Crippen LogP contribution in [0.25, 0.3) is 0 Å². The van der Waals surface area contributed by atoms with E-state index in [1.165, 1.54) is 0 Å². The van der Waals surface area contributed by atoms with E-state index in [1.807, 2.05) is 0 Å². The second-order valence-corrected chi connectivity index (χ2v) is 5.37. The zero-order chi connectivity index (χ0) is 12.6. The molecule has 9 heteroatoms. The molecule has 0 saturated carbocycles. The zero-order valence-corrected chi connectivity index (χ0v) is 9.26. The first-order valence-corrected chi connectivity index (χ1v) is 6.33. The minimum absolute atomic E-state index is 0.0289. The Morgan fingerprint density at radius 1 is 1.56 bits per heavy atom. The molecule has 1 atom stereocenters. The van der Waals surface area contributed by atoms with Crippen molar-refractivity contribution in [2.45, 2.75) is 18.4 Å². The van der Waals surface area contributed by atoms with Gasteiger partial charge in [-0.2, -0.15) is 0 Å². The van der Waals surface area contributed by atoms with Gasteiger partial charge in [-0.05, 0) is 12.8 Å². The molecule has 1 saturated heterocycles. The molecule has 8 nitrogen and oxygen atoms in total. The van der Waals surface area contributed by atoms with Gasteiger partial charge in [0.2, 0.25) is 0 Å². The minimum atomic E-state index is -4.40. The number of aliphatic carboxylic acids is 1. The van der Waals surface area contributed by atoms with Crippen LogP contribution in [-0.4, -0.2) is 50.0 Å². The van der Waals surface area contributed by atoms with Gasteiger partial charge in [0.05, 0.1) is 0 Å². The molecule has 0 aromatic rings. The molecule has 1 aliphatic rings. The summed E-state index contributed by atoms with van der Waals surface area (Å²) in [5.41, 5.74) is 3.35. The van der Waals surface area contributed by atoms with Gasteiger partial charge in [-0.1, -0.05) is 0 Å². The largest absolute Gasteiger partial charge is 0.479 e. The van der Waals surface area contributed by atoms with Gasteiger partial charge >= 0.3 is 13.6 Å². The maximum atomic E-state index is 11.6. The number of rotatable bonds is 3. The van der Waals surface area contributed by atoms with Crippen LogP contribution in [0.15, 0.2) is 0 Å². The Kier molecular flexibility index (Phi) is 3.39. The van der Waals surface area contributed by atoms with Gasteiger partial charge in [-0.3, -0.25) is 9.36 Å². The van der Waals surface area contributed by atoms with Gasteiger partial charge in [0.1, 0.15) is 6.29 Å². The van der Waals surface area contributed by atoms with Gasteiger partial charge in [0, 0.05) is 6.54 Å². The lowest BCUT2D eigenvalue weighted by molar-refractivity contribution is -0.155. The molecule has 0 aromatic carbocycles. The number of nitrogens with two attached hydrogens (primary N) is 1. The number of amides is 1. The smallest absolute Gasteiger partial charge is 0.344 e. The van der Waals surface area contributed by atoms with Crippen LogP contribution >= 0.6 is 7.60 Å². The molecular weight excluding hydrogens is 239 g/mol. The Morgan fingerprint density at radius 2 is 2.12 bits per heavy atom. The van der Waals surface area contributed by atoms with Gasteiger partial charge in [-0.25, -0.2) is 4.79 Å². The molecule has 5 N–H and O–H groups in total. The van der Waals surface area contributed by atoms with Crippen LogP contribution in [0.3, 0.4) is 0 Å². The summed E-state index contributed by atoms with van der Waals surface area (Å²) < 4.78 is 10.7. The van der Waals surface area contributed by atoms with Crippen molar-refractivity contribution >= 4 is 19.5 Å². The van der Waals surface area contributed by atoms with Gasteiger partial charge < -0.3 is 25.5 Å². The summed E-state index contributed by atoms with van der Waals surface area (Å²) >= 11 is 0. The second-order valence-electron chi connectivity index (χ2n) is 3.75. The molecule has 1 rings (SSSR count). The topological polar surface area (TPSA) is 141 Å². The third-order valence-electron chi connectivity index (χ3n) is 2.40. The van der Waals surface area contributed by atoms with Crippen LogP contribution in [-0.2, 0) is 14.2 Å². The van der Waals surface area contributed by atoms with Gasteiger partial charge in [0.15, 0.2) is 5.54 Å². The number of carbonyl (C=O) groups is 2. The first-order chi connectivity index (χ1) is 7.17. The highest BCUT2D eigenvalue weighted by Crippen LogP contribution is 2.37. The fourth-order valence-electron chi connectivity index (χ4n) is 1.60. The second kappa shape index (κ2) is 4.14. The third-order valence-corrected chi connectivity index (χ3v) is 3.11. The molecular formula is C7H13N2O6P. The molecule has 1 unspecified atom stereocenters. The molecule has 1 fully saturated rings. The monoisotopic (exact) mass is 252 g/mol.